The lowest BCUT2D eigenvalue weighted by Crippen LogP contribution is -2.42. The molecule has 1 fully saturated rings. The van der Waals surface area contributed by atoms with Crippen LogP contribution in [-0.4, -0.2) is 37.0 Å². The number of halogens is 1. The van der Waals surface area contributed by atoms with Gasteiger partial charge in [-0.3, -0.25) is 4.79 Å². The van der Waals surface area contributed by atoms with E-state index in [-0.39, 0.29) is 5.91 Å². The van der Waals surface area contributed by atoms with E-state index in [0.29, 0.717) is 17.4 Å². The van der Waals surface area contributed by atoms with Gasteiger partial charge in [0.2, 0.25) is 0 Å². The van der Waals surface area contributed by atoms with Gasteiger partial charge in [-0.05, 0) is 55.7 Å². The van der Waals surface area contributed by atoms with Crippen LogP contribution >= 0.6 is 11.6 Å². The second kappa shape index (κ2) is 7.79. The van der Waals surface area contributed by atoms with E-state index in [2.05, 4.69) is 11.4 Å². The van der Waals surface area contributed by atoms with Crippen molar-refractivity contribution in [2.24, 2.45) is 0 Å². The number of carbonyl (C=O) groups excluding carboxylic acids is 1. The smallest absolute Gasteiger partial charge is 0.253 e. The van der Waals surface area contributed by atoms with Gasteiger partial charge >= 0.3 is 0 Å². The van der Waals surface area contributed by atoms with Gasteiger partial charge in [0.25, 0.3) is 5.91 Å². The number of ether oxygens (including phenoxy) is 1. The summed E-state index contributed by atoms with van der Waals surface area (Å²) in [4.78, 5) is 14.6. The van der Waals surface area contributed by atoms with Crippen LogP contribution in [0, 0.1) is 6.92 Å². The van der Waals surface area contributed by atoms with Gasteiger partial charge in [-0.2, -0.15) is 0 Å². The summed E-state index contributed by atoms with van der Waals surface area (Å²) in [5, 5.41) is 4.34. The molecule has 1 aliphatic heterocycles. The lowest BCUT2D eigenvalue weighted by molar-refractivity contribution is 0.0718. The van der Waals surface area contributed by atoms with Crippen molar-refractivity contribution in [3.05, 3.63) is 58.6 Å². The van der Waals surface area contributed by atoms with Crippen molar-refractivity contribution in [1.82, 2.24) is 4.90 Å². The maximum absolute atomic E-state index is 12.7. The average Bonchev–Trinajstić information content (AvgIpc) is 2.65. The number of benzene rings is 2. The SMILES string of the molecule is COc1cccc(C(=O)N2CCC(Nc3cccc(Cl)c3C)CC2)c1. The first-order chi connectivity index (χ1) is 12.1. The quantitative estimate of drug-likeness (QED) is 0.882. The lowest BCUT2D eigenvalue weighted by atomic mass is 10.0. The van der Waals surface area contributed by atoms with Crippen molar-refractivity contribution in [3.63, 3.8) is 0 Å². The molecule has 132 valence electrons. The Morgan fingerprint density at radius 2 is 1.92 bits per heavy atom. The van der Waals surface area contributed by atoms with Crippen LogP contribution in [0.2, 0.25) is 5.02 Å². The first-order valence-corrected chi connectivity index (χ1v) is 8.91. The van der Waals surface area contributed by atoms with E-state index in [1.807, 2.05) is 42.2 Å². The number of nitrogens with one attached hydrogen (secondary N) is 1. The maximum atomic E-state index is 12.7. The molecule has 1 aliphatic rings. The first kappa shape index (κ1) is 17.6. The summed E-state index contributed by atoms with van der Waals surface area (Å²) < 4.78 is 5.21. The van der Waals surface area contributed by atoms with Gasteiger partial charge in [0, 0.05) is 35.4 Å². The molecule has 0 atom stereocenters. The molecule has 3 rings (SSSR count). The third kappa shape index (κ3) is 4.07. The van der Waals surface area contributed by atoms with Crippen molar-refractivity contribution >= 4 is 23.2 Å². The number of carbonyl (C=O) groups is 1. The number of likely N-dealkylation sites (tertiary alicyclic amines) is 1. The van der Waals surface area contributed by atoms with E-state index in [9.17, 15) is 4.79 Å². The number of rotatable bonds is 4. The van der Waals surface area contributed by atoms with E-state index < -0.39 is 0 Å². The predicted molar refractivity (Wildman–Crippen MR) is 102 cm³/mol. The van der Waals surface area contributed by atoms with E-state index in [0.717, 1.165) is 42.2 Å². The molecule has 0 radical (unpaired) electrons. The Bertz CT molecular complexity index is 755. The maximum Gasteiger partial charge on any atom is 0.253 e. The van der Waals surface area contributed by atoms with Crippen LogP contribution in [0.5, 0.6) is 5.75 Å². The van der Waals surface area contributed by atoms with Crippen molar-refractivity contribution in [2.45, 2.75) is 25.8 Å². The second-order valence-electron chi connectivity index (χ2n) is 6.36. The third-order valence-corrected chi connectivity index (χ3v) is 5.14. The minimum Gasteiger partial charge on any atom is -0.497 e. The number of anilines is 1. The molecule has 1 N–H and O–H groups in total. The van der Waals surface area contributed by atoms with E-state index in [1.165, 1.54) is 0 Å². The van der Waals surface area contributed by atoms with Crippen LogP contribution in [0.15, 0.2) is 42.5 Å². The normalized spacial score (nSPS) is 15.1. The monoisotopic (exact) mass is 358 g/mol. The van der Waals surface area contributed by atoms with Crippen LogP contribution in [-0.2, 0) is 0 Å². The van der Waals surface area contributed by atoms with Crippen LogP contribution in [0.1, 0.15) is 28.8 Å². The van der Waals surface area contributed by atoms with E-state index in [4.69, 9.17) is 16.3 Å². The second-order valence-corrected chi connectivity index (χ2v) is 6.76. The van der Waals surface area contributed by atoms with Gasteiger partial charge in [-0.15, -0.1) is 0 Å². The minimum atomic E-state index is 0.0660. The zero-order chi connectivity index (χ0) is 17.8. The van der Waals surface area contributed by atoms with E-state index >= 15 is 0 Å². The molecule has 0 aliphatic carbocycles. The summed E-state index contributed by atoms with van der Waals surface area (Å²) in [6.07, 6.45) is 1.84. The highest BCUT2D eigenvalue weighted by Crippen LogP contribution is 2.26. The number of nitrogens with zero attached hydrogens (tertiary/aromatic N) is 1. The van der Waals surface area contributed by atoms with Crippen LogP contribution in [0.25, 0.3) is 0 Å². The molecular weight excluding hydrogens is 336 g/mol. The van der Waals surface area contributed by atoms with E-state index in [1.54, 1.807) is 13.2 Å². The molecule has 2 aromatic carbocycles. The lowest BCUT2D eigenvalue weighted by Gasteiger charge is -2.33. The molecule has 0 bridgehead atoms. The molecule has 5 heteroatoms. The van der Waals surface area contributed by atoms with Crippen molar-refractivity contribution < 1.29 is 9.53 Å². The van der Waals surface area contributed by atoms with Gasteiger partial charge in [0.15, 0.2) is 0 Å². The molecule has 1 saturated heterocycles. The Morgan fingerprint density at radius 1 is 1.20 bits per heavy atom. The summed E-state index contributed by atoms with van der Waals surface area (Å²) >= 11 is 6.19. The number of hydrogen-bond acceptors (Lipinski definition) is 3. The minimum absolute atomic E-state index is 0.0660. The van der Waals surface area contributed by atoms with Crippen molar-refractivity contribution in [1.29, 1.82) is 0 Å². The molecule has 1 amide bonds. The van der Waals surface area contributed by atoms with Crippen LogP contribution in [0.3, 0.4) is 0 Å². The molecule has 0 unspecified atom stereocenters. The largest absolute Gasteiger partial charge is 0.497 e. The topological polar surface area (TPSA) is 41.6 Å². The molecule has 0 spiro atoms. The molecule has 0 aromatic heterocycles. The summed E-state index contributed by atoms with van der Waals surface area (Å²) in [7, 11) is 1.61. The van der Waals surface area contributed by atoms with Crippen LogP contribution < -0.4 is 10.1 Å². The summed E-state index contributed by atoms with van der Waals surface area (Å²) in [6, 6.07) is 13.6. The van der Waals surface area contributed by atoms with Crippen molar-refractivity contribution in [3.8, 4) is 5.75 Å². The van der Waals surface area contributed by atoms with Crippen molar-refractivity contribution in [2.75, 3.05) is 25.5 Å². The predicted octanol–water partition coefficient (Wildman–Crippen LogP) is 4.37. The first-order valence-electron chi connectivity index (χ1n) is 8.53. The fraction of sp³-hybridized carbons (Fsp3) is 0.350. The Morgan fingerprint density at radius 3 is 2.64 bits per heavy atom. The fourth-order valence-electron chi connectivity index (χ4n) is 3.15. The number of piperidine rings is 1. The standard InChI is InChI=1S/C20H23ClN2O2/c1-14-18(21)7-4-8-19(14)22-16-9-11-23(12-10-16)20(24)15-5-3-6-17(13-15)25-2/h3-8,13,16,22H,9-12H2,1-2H3. The molecule has 1 heterocycles. The zero-order valence-electron chi connectivity index (χ0n) is 14.6. The fourth-order valence-corrected chi connectivity index (χ4v) is 3.32. The Balaban J connectivity index is 1.59. The highest BCUT2D eigenvalue weighted by Gasteiger charge is 2.24. The Labute approximate surface area is 153 Å². The highest BCUT2D eigenvalue weighted by atomic mass is 35.5. The molecule has 0 saturated carbocycles. The molecule has 25 heavy (non-hydrogen) atoms. The zero-order valence-corrected chi connectivity index (χ0v) is 15.3. The van der Waals surface area contributed by atoms with Gasteiger partial charge in [-0.1, -0.05) is 23.7 Å². The summed E-state index contributed by atoms with van der Waals surface area (Å²) in [5.41, 5.74) is 2.82. The van der Waals surface area contributed by atoms with Gasteiger partial charge < -0.3 is 15.0 Å². The van der Waals surface area contributed by atoms with Gasteiger partial charge in [-0.25, -0.2) is 0 Å². The molecular formula is C20H23ClN2O2. The van der Waals surface area contributed by atoms with Gasteiger partial charge in [0.05, 0.1) is 7.11 Å². The molecule has 4 nitrogen and oxygen atoms in total. The summed E-state index contributed by atoms with van der Waals surface area (Å²) in [5.74, 6) is 0.773. The number of amides is 1. The third-order valence-electron chi connectivity index (χ3n) is 4.73. The molecule has 2 aromatic rings. The van der Waals surface area contributed by atoms with Gasteiger partial charge in [0.1, 0.15) is 5.75 Å². The Hall–Kier alpha value is -2.20. The average molecular weight is 359 g/mol. The van der Waals surface area contributed by atoms with Crippen LogP contribution in [0.4, 0.5) is 5.69 Å². The summed E-state index contributed by atoms with van der Waals surface area (Å²) in [6.45, 7) is 3.51. The number of methoxy groups -OCH3 is 1. The Kier molecular flexibility index (Phi) is 5.49. The number of hydrogen-bond donors (Lipinski definition) is 1. The highest BCUT2D eigenvalue weighted by molar-refractivity contribution is 6.31.